The van der Waals surface area contributed by atoms with E-state index >= 15 is 0 Å². The van der Waals surface area contributed by atoms with Gasteiger partial charge in [0.05, 0.1) is 13.2 Å². The number of nitrogens with zero attached hydrogens (tertiary/aromatic N) is 2. The van der Waals surface area contributed by atoms with Gasteiger partial charge in [-0.2, -0.15) is 5.10 Å². The van der Waals surface area contributed by atoms with Crippen molar-refractivity contribution in [2.75, 3.05) is 39.4 Å². The highest BCUT2D eigenvalue weighted by Gasteiger charge is 2.29. The molecule has 1 aromatic heterocycles. The lowest BCUT2D eigenvalue weighted by Gasteiger charge is -2.40. The smallest absolute Gasteiger partial charge is 0.272 e. The Labute approximate surface area is 130 Å². The van der Waals surface area contributed by atoms with Crippen molar-refractivity contribution in [2.24, 2.45) is 0 Å². The van der Waals surface area contributed by atoms with Crippen LogP contribution < -0.4 is 10.6 Å². The van der Waals surface area contributed by atoms with E-state index in [-0.39, 0.29) is 11.4 Å². The van der Waals surface area contributed by atoms with Crippen molar-refractivity contribution >= 4 is 5.91 Å². The first-order valence-corrected chi connectivity index (χ1v) is 7.96. The molecule has 2 aliphatic heterocycles. The van der Waals surface area contributed by atoms with Crippen molar-refractivity contribution in [2.45, 2.75) is 32.4 Å². The van der Waals surface area contributed by atoms with Crippen LogP contribution in [-0.2, 0) is 17.7 Å². The van der Waals surface area contributed by atoms with Gasteiger partial charge in [0.25, 0.3) is 5.91 Å². The van der Waals surface area contributed by atoms with Gasteiger partial charge in [-0.1, -0.05) is 0 Å². The number of aromatic amines is 1. The second kappa shape index (κ2) is 6.36. The summed E-state index contributed by atoms with van der Waals surface area (Å²) in [5, 5.41) is 13.5. The van der Waals surface area contributed by atoms with Gasteiger partial charge in [0.15, 0.2) is 5.69 Å². The average molecular weight is 307 g/mol. The molecule has 0 aromatic carbocycles. The Bertz CT molecular complexity index is 534. The van der Waals surface area contributed by atoms with Crippen LogP contribution >= 0.6 is 0 Å². The standard InChI is InChI=1S/C15H25N5O2/c1-15(2,20-5-7-22-8-6-20)10-17-14(21)13-11-9-16-4-3-12(11)18-19-13/h16H,3-10H2,1-2H3,(H,17,21)(H,18,19). The second-order valence-corrected chi connectivity index (χ2v) is 6.55. The molecule has 0 saturated carbocycles. The summed E-state index contributed by atoms with van der Waals surface area (Å²) in [5.41, 5.74) is 2.53. The van der Waals surface area contributed by atoms with Crippen LogP contribution in [0.5, 0.6) is 0 Å². The summed E-state index contributed by atoms with van der Waals surface area (Å²) in [5.74, 6) is -0.0949. The molecule has 1 amide bonds. The molecule has 0 unspecified atom stereocenters. The van der Waals surface area contributed by atoms with E-state index in [1.807, 2.05) is 0 Å². The molecule has 1 saturated heterocycles. The number of fused-ring (bicyclic) bond motifs is 1. The number of ether oxygens (including phenoxy) is 1. The summed E-state index contributed by atoms with van der Waals surface area (Å²) in [6.45, 7) is 9.88. The first-order valence-electron chi connectivity index (χ1n) is 7.96. The molecule has 0 spiro atoms. The van der Waals surface area contributed by atoms with Gasteiger partial charge >= 0.3 is 0 Å². The van der Waals surface area contributed by atoms with E-state index in [9.17, 15) is 4.79 Å². The van der Waals surface area contributed by atoms with E-state index in [0.29, 0.717) is 18.8 Å². The van der Waals surface area contributed by atoms with Crippen molar-refractivity contribution in [3.63, 3.8) is 0 Å². The third kappa shape index (κ3) is 3.16. The molecule has 0 radical (unpaired) electrons. The molecule has 122 valence electrons. The first kappa shape index (κ1) is 15.5. The van der Waals surface area contributed by atoms with Crippen molar-refractivity contribution in [3.8, 4) is 0 Å². The number of hydrogen-bond donors (Lipinski definition) is 3. The SMILES string of the molecule is CC(C)(CNC(=O)c1n[nH]c2c1CNCC2)N1CCOCC1. The molecule has 3 N–H and O–H groups in total. The summed E-state index contributed by atoms with van der Waals surface area (Å²) in [7, 11) is 0. The Kier molecular flexibility index (Phi) is 4.46. The lowest BCUT2D eigenvalue weighted by atomic mass is 10.0. The van der Waals surface area contributed by atoms with Crippen molar-refractivity contribution in [1.82, 2.24) is 25.7 Å². The van der Waals surface area contributed by atoms with Crippen LogP contribution in [0.4, 0.5) is 0 Å². The van der Waals surface area contributed by atoms with Gasteiger partial charge < -0.3 is 15.4 Å². The Balaban J connectivity index is 1.61. The minimum Gasteiger partial charge on any atom is -0.379 e. The topological polar surface area (TPSA) is 82.3 Å². The number of morpholine rings is 1. The zero-order chi connectivity index (χ0) is 15.6. The van der Waals surface area contributed by atoms with Crippen LogP contribution in [0.15, 0.2) is 0 Å². The molecule has 1 fully saturated rings. The van der Waals surface area contributed by atoms with E-state index in [1.165, 1.54) is 0 Å². The maximum absolute atomic E-state index is 12.4. The number of H-pyrrole nitrogens is 1. The van der Waals surface area contributed by atoms with E-state index in [1.54, 1.807) is 0 Å². The molecule has 3 heterocycles. The number of hydrogen-bond acceptors (Lipinski definition) is 5. The number of aromatic nitrogens is 2. The third-order valence-electron chi connectivity index (χ3n) is 4.57. The van der Waals surface area contributed by atoms with Crippen molar-refractivity contribution in [1.29, 1.82) is 0 Å². The maximum Gasteiger partial charge on any atom is 0.272 e. The van der Waals surface area contributed by atoms with E-state index in [4.69, 9.17) is 4.74 Å². The zero-order valence-corrected chi connectivity index (χ0v) is 13.4. The molecule has 0 atom stereocenters. The highest BCUT2D eigenvalue weighted by atomic mass is 16.5. The fraction of sp³-hybridized carbons (Fsp3) is 0.733. The number of amides is 1. The summed E-state index contributed by atoms with van der Waals surface area (Å²) >= 11 is 0. The highest BCUT2D eigenvalue weighted by Crippen LogP contribution is 2.17. The van der Waals surface area contributed by atoms with Gasteiger partial charge in [0.1, 0.15) is 0 Å². The Morgan fingerprint density at radius 1 is 1.41 bits per heavy atom. The predicted octanol–water partition coefficient (Wildman–Crippen LogP) is -0.104. The maximum atomic E-state index is 12.4. The van der Waals surface area contributed by atoms with Crippen molar-refractivity contribution < 1.29 is 9.53 Å². The zero-order valence-electron chi connectivity index (χ0n) is 13.4. The molecule has 1 aromatic rings. The summed E-state index contributed by atoms with van der Waals surface area (Å²) in [6, 6.07) is 0. The first-order chi connectivity index (χ1) is 10.6. The van der Waals surface area contributed by atoms with Gasteiger partial charge in [-0.25, -0.2) is 0 Å². The molecular weight excluding hydrogens is 282 g/mol. The van der Waals surface area contributed by atoms with Gasteiger partial charge in [-0.15, -0.1) is 0 Å². The van der Waals surface area contributed by atoms with E-state index in [2.05, 4.69) is 39.6 Å². The summed E-state index contributed by atoms with van der Waals surface area (Å²) in [6.07, 6.45) is 0.898. The lowest BCUT2D eigenvalue weighted by Crippen LogP contribution is -2.55. The monoisotopic (exact) mass is 307 g/mol. The fourth-order valence-corrected chi connectivity index (χ4v) is 3.07. The normalized spacial score (nSPS) is 19.7. The molecule has 7 heteroatoms. The molecule has 22 heavy (non-hydrogen) atoms. The Morgan fingerprint density at radius 2 is 2.18 bits per heavy atom. The quantitative estimate of drug-likeness (QED) is 0.723. The van der Waals surface area contributed by atoms with Crippen LogP contribution in [0.25, 0.3) is 0 Å². The molecule has 0 aliphatic carbocycles. The lowest BCUT2D eigenvalue weighted by molar-refractivity contribution is -0.00924. The average Bonchev–Trinajstić information content (AvgIpc) is 2.98. The summed E-state index contributed by atoms with van der Waals surface area (Å²) < 4.78 is 5.39. The number of nitrogens with one attached hydrogen (secondary N) is 3. The van der Waals surface area contributed by atoms with Crippen molar-refractivity contribution in [3.05, 3.63) is 17.0 Å². The molecule has 7 nitrogen and oxygen atoms in total. The molecule has 3 rings (SSSR count). The van der Waals surface area contributed by atoms with Gasteiger partial charge in [0, 0.05) is 55.9 Å². The largest absolute Gasteiger partial charge is 0.379 e. The number of carbonyl (C=O) groups excluding carboxylic acids is 1. The van der Waals surface area contributed by atoms with Crippen LogP contribution in [0, 0.1) is 0 Å². The molecule has 0 bridgehead atoms. The third-order valence-corrected chi connectivity index (χ3v) is 4.57. The van der Waals surface area contributed by atoms with Crippen LogP contribution in [0.3, 0.4) is 0 Å². The minimum atomic E-state index is -0.0949. The predicted molar refractivity (Wildman–Crippen MR) is 82.8 cm³/mol. The Morgan fingerprint density at radius 3 is 2.95 bits per heavy atom. The van der Waals surface area contributed by atoms with E-state index < -0.39 is 0 Å². The minimum absolute atomic E-state index is 0.0892. The van der Waals surface area contributed by atoms with Crippen LogP contribution in [-0.4, -0.2) is 65.9 Å². The number of rotatable bonds is 4. The second-order valence-electron chi connectivity index (χ2n) is 6.55. The van der Waals surface area contributed by atoms with E-state index in [0.717, 1.165) is 50.5 Å². The van der Waals surface area contributed by atoms with Gasteiger partial charge in [-0.3, -0.25) is 14.8 Å². The van der Waals surface area contributed by atoms with Gasteiger partial charge in [-0.05, 0) is 13.8 Å². The van der Waals surface area contributed by atoms with Gasteiger partial charge in [0.2, 0.25) is 0 Å². The molecule has 2 aliphatic rings. The van der Waals surface area contributed by atoms with Crippen LogP contribution in [0.1, 0.15) is 35.6 Å². The number of carbonyl (C=O) groups is 1. The van der Waals surface area contributed by atoms with Crippen LogP contribution in [0.2, 0.25) is 0 Å². The summed E-state index contributed by atoms with van der Waals surface area (Å²) in [4.78, 5) is 14.8. The fourth-order valence-electron chi connectivity index (χ4n) is 3.07. The Hall–Kier alpha value is -1.44. The molecular formula is C15H25N5O2. The highest BCUT2D eigenvalue weighted by molar-refractivity contribution is 5.94.